The summed E-state index contributed by atoms with van der Waals surface area (Å²) in [4.78, 5) is -2.64. The monoisotopic (exact) mass is 926 g/mol. The zero-order valence-corrected chi connectivity index (χ0v) is 43.1. The Bertz CT molecular complexity index is 3190. The molecule has 0 spiro atoms. The first-order valence-corrected chi connectivity index (χ1v) is 21.0. The molecule has 0 aromatic heterocycles. The summed E-state index contributed by atoms with van der Waals surface area (Å²) in [6, 6.07) is 19.4. The normalized spacial score (nSPS) is 12.3. The van der Waals surface area contributed by atoms with Crippen LogP contribution >= 0.6 is 0 Å². The second kappa shape index (κ2) is 21.1. The Morgan fingerprint density at radius 2 is 0.817 bits per heavy atom. The summed E-state index contributed by atoms with van der Waals surface area (Å²) in [5.74, 6) is 0. The SMILES string of the molecule is Nc1ccc2cc(S(=O)(=O)[O-])ccc2c1N=Nc1ccc(/C=C/c2ccc(N=Nc3c(N)ccc4ccc(S(=O)(=O)[O-])cc34)cc2S(=O)(=O)[O-])c(S(=O)(=O)[O-])c1.[Na+].[Na+].[Na+].[Na+]. The molecule has 0 aliphatic heterocycles. The van der Waals surface area contributed by atoms with Crippen molar-refractivity contribution in [3.05, 3.63) is 108 Å². The van der Waals surface area contributed by atoms with Gasteiger partial charge in [-0.05, 0) is 82.6 Å². The molecule has 6 aromatic rings. The van der Waals surface area contributed by atoms with Gasteiger partial charge in [0.2, 0.25) is 0 Å². The van der Waals surface area contributed by atoms with E-state index in [1.807, 2.05) is 0 Å². The van der Waals surface area contributed by atoms with E-state index in [4.69, 9.17) is 11.5 Å². The molecule has 0 saturated heterocycles. The van der Waals surface area contributed by atoms with E-state index in [1.165, 1.54) is 48.5 Å². The van der Waals surface area contributed by atoms with Gasteiger partial charge in [-0.2, -0.15) is 10.2 Å². The van der Waals surface area contributed by atoms with Crippen molar-refractivity contribution in [2.24, 2.45) is 20.5 Å². The second-order valence-corrected chi connectivity index (χ2v) is 17.2. The number of nitrogens with two attached hydrogens (primary N) is 2. The van der Waals surface area contributed by atoms with Crippen LogP contribution in [0.25, 0.3) is 33.7 Å². The molecule has 0 fully saturated rings. The van der Waals surface area contributed by atoms with Crippen molar-refractivity contribution in [1.29, 1.82) is 0 Å². The van der Waals surface area contributed by atoms with Crippen molar-refractivity contribution >= 4 is 108 Å². The van der Waals surface area contributed by atoms with Crippen LogP contribution in [0.1, 0.15) is 11.1 Å². The Morgan fingerprint density at radius 3 is 1.27 bits per heavy atom. The molecule has 4 N–H and O–H groups in total. The van der Waals surface area contributed by atoms with Crippen molar-refractivity contribution in [3.8, 4) is 0 Å². The summed E-state index contributed by atoms with van der Waals surface area (Å²) in [7, 11) is -20.0. The topological polar surface area (TPSA) is 330 Å². The van der Waals surface area contributed by atoms with E-state index in [0.29, 0.717) is 10.8 Å². The summed E-state index contributed by atoms with van der Waals surface area (Å²) in [6.07, 6.45) is 2.14. The molecule has 0 radical (unpaired) electrons. The zero-order chi connectivity index (χ0) is 40.8. The molecular formula is C34H22N6Na4O12S4. The van der Waals surface area contributed by atoms with Crippen molar-refractivity contribution in [3.63, 3.8) is 0 Å². The van der Waals surface area contributed by atoms with Gasteiger partial charge in [-0.25, -0.2) is 33.7 Å². The minimum absolute atomic E-state index is 0. The summed E-state index contributed by atoms with van der Waals surface area (Å²) in [5.41, 5.74) is 11.4. The Kier molecular flexibility index (Phi) is 19.1. The number of nitrogens with zero attached hydrogens (tertiary/aromatic N) is 4. The third-order valence-corrected chi connectivity index (χ3v) is 11.5. The van der Waals surface area contributed by atoms with Crippen LogP contribution in [0.2, 0.25) is 0 Å². The first-order valence-electron chi connectivity index (χ1n) is 15.4. The van der Waals surface area contributed by atoms with Gasteiger partial charge in [-0.1, -0.05) is 48.6 Å². The average Bonchev–Trinajstić information content (AvgIpc) is 3.11. The number of rotatable bonds is 10. The van der Waals surface area contributed by atoms with Crippen LogP contribution in [-0.2, 0) is 40.5 Å². The van der Waals surface area contributed by atoms with Gasteiger partial charge in [-0.15, -0.1) is 10.2 Å². The Labute approximate surface area is 432 Å². The summed E-state index contributed by atoms with van der Waals surface area (Å²) >= 11 is 0. The first-order chi connectivity index (χ1) is 26.1. The fourth-order valence-electron chi connectivity index (χ4n) is 5.42. The molecule has 0 amide bonds. The molecule has 288 valence electrons. The van der Waals surface area contributed by atoms with E-state index in [1.54, 1.807) is 6.07 Å². The molecule has 60 heavy (non-hydrogen) atoms. The number of anilines is 2. The van der Waals surface area contributed by atoms with Crippen molar-refractivity contribution in [2.45, 2.75) is 19.6 Å². The summed E-state index contributed by atoms with van der Waals surface area (Å²) < 4.78 is 143. The predicted molar refractivity (Wildman–Crippen MR) is 199 cm³/mol. The molecule has 0 aliphatic carbocycles. The minimum atomic E-state index is -5.21. The standard InChI is InChI=1S/C34H26N6O12S4.4Na/c35-29-14-7-22-15-25(53(41,42)43)11-12-27(22)33(29)39-37-23-8-3-20(31(16-23)55(47,48)49)1-2-21-4-9-24(17-32(21)56(50,51)52)38-40-34-28-18-26(54(44,45)46)10-5-19(28)6-13-30(34)36;;;;/h1-18H,35-36H2,(H,41,42,43)(H,44,45,46)(H,47,48,49)(H,50,51,52);;;;/q;4*+1/p-4/b2-1+,39-37?,40-38?;;;;. The van der Waals surface area contributed by atoms with E-state index in [-0.39, 0.29) is 174 Å². The maximum Gasteiger partial charge on any atom is 1.00 e. The third kappa shape index (κ3) is 12.8. The molecule has 0 bridgehead atoms. The van der Waals surface area contributed by atoms with Gasteiger partial charge in [0.05, 0.1) is 42.3 Å². The van der Waals surface area contributed by atoms with E-state index in [2.05, 4.69) is 20.5 Å². The van der Waals surface area contributed by atoms with E-state index in [0.717, 1.165) is 54.6 Å². The first kappa shape index (κ1) is 54.2. The van der Waals surface area contributed by atoms with Crippen molar-refractivity contribution < 1.29 is 170 Å². The van der Waals surface area contributed by atoms with Crippen molar-refractivity contribution in [2.75, 3.05) is 11.5 Å². The van der Waals surface area contributed by atoms with Gasteiger partial charge in [0.15, 0.2) is 0 Å². The van der Waals surface area contributed by atoms with Crippen molar-refractivity contribution in [1.82, 2.24) is 0 Å². The Hall–Kier alpha value is -1.98. The number of azo groups is 2. The summed E-state index contributed by atoms with van der Waals surface area (Å²) in [5, 5.41) is 17.2. The molecule has 0 atom stereocenters. The Morgan fingerprint density at radius 1 is 0.417 bits per heavy atom. The number of benzene rings is 6. The smallest absolute Gasteiger partial charge is 0.744 e. The predicted octanol–water partition coefficient (Wildman–Crippen LogP) is -6.21. The molecule has 0 saturated carbocycles. The average molecular weight is 927 g/mol. The molecule has 0 heterocycles. The third-order valence-electron chi connectivity index (χ3n) is 8.07. The van der Waals surface area contributed by atoms with E-state index >= 15 is 0 Å². The van der Waals surface area contributed by atoms with Crippen LogP contribution in [0.15, 0.2) is 137 Å². The van der Waals surface area contributed by atoms with Gasteiger partial charge in [-0.3, -0.25) is 0 Å². The van der Waals surface area contributed by atoms with E-state index < -0.39 is 60.1 Å². The van der Waals surface area contributed by atoms with Gasteiger partial charge < -0.3 is 29.7 Å². The fourth-order valence-corrected chi connectivity index (χ4v) is 7.80. The molecule has 0 aliphatic rings. The van der Waals surface area contributed by atoms with Crippen LogP contribution < -0.4 is 130 Å². The van der Waals surface area contributed by atoms with Gasteiger partial charge in [0.1, 0.15) is 51.8 Å². The molecule has 18 nitrogen and oxygen atoms in total. The van der Waals surface area contributed by atoms with Crippen LogP contribution in [-0.4, -0.2) is 51.9 Å². The maximum atomic E-state index is 12.3. The summed E-state index contributed by atoms with van der Waals surface area (Å²) in [6.45, 7) is 0. The minimum Gasteiger partial charge on any atom is -0.744 e. The number of fused-ring (bicyclic) bond motifs is 2. The van der Waals surface area contributed by atoms with Gasteiger partial charge >= 0.3 is 118 Å². The number of hydrogen-bond acceptors (Lipinski definition) is 18. The molecule has 6 rings (SSSR count). The van der Waals surface area contributed by atoms with Crippen LogP contribution in [0.5, 0.6) is 0 Å². The molecular weight excluding hydrogens is 905 g/mol. The van der Waals surface area contributed by atoms with Crippen LogP contribution in [0.3, 0.4) is 0 Å². The molecule has 26 heteroatoms. The number of nitrogen functional groups attached to an aromatic ring is 2. The quantitative estimate of drug-likeness (QED) is 0.0425. The largest absolute Gasteiger partial charge is 1.00 e. The van der Waals surface area contributed by atoms with E-state index in [9.17, 15) is 51.9 Å². The van der Waals surface area contributed by atoms with Gasteiger partial charge in [0, 0.05) is 10.8 Å². The van der Waals surface area contributed by atoms with Crippen LogP contribution in [0.4, 0.5) is 34.1 Å². The maximum absolute atomic E-state index is 12.3. The second-order valence-electron chi connectivity index (χ2n) is 11.8. The van der Waals surface area contributed by atoms with Crippen LogP contribution in [0, 0.1) is 0 Å². The fraction of sp³-hybridized carbons (Fsp3) is 0. The van der Waals surface area contributed by atoms with Gasteiger partial charge in [0.25, 0.3) is 0 Å². The molecule has 6 aromatic carbocycles. The molecule has 0 unspecified atom stereocenters. The Balaban J connectivity index is 0.00000310. The number of hydrogen-bond donors (Lipinski definition) is 2. The zero-order valence-electron chi connectivity index (χ0n) is 31.9.